The zero-order chi connectivity index (χ0) is 18.0. The first-order valence-corrected chi connectivity index (χ1v) is 7.53. The minimum atomic E-state index is -1.08. The number of ketones is 2. The standard InChI is InChI=1S/C18H14N2O5/c21-14(8-19-9-15(22)23)20-13-7-3-6-12-16(13)18(25)11-5-2-1-4-10(11)17(12)24/h1-7,19H,8-9H2,(H,20,21)(H,22,23). The number of rotatable bonds is 5. The molecule has 126 valence electrons. The van der Waals surface area contributed by atoms with E-state index in [1.54, 1.807) is 36.4 Å². The van der Waals surface area contributed by atoms with Crippen molar-refractivity contribution in [2.24, 2.45) is 0 Å². The fourth-order valence-corrected chi connectivity index (χ4v) is 2.73. The number of carboxylic acid groups (broad SMARTS) is 1. The largest absolute Gasteiger partial charge is 0.480 e. The zero-order valence-corrected chi connectivity index (χ0v) is 13.0. The molecule has 0 bridgehead atoms. The molecule has 1 aliphatic rings. The van der Waals surface area contributed by atoms with Gasteiger partial charge in [0.2, 0.25) is 5.91 Å². The molecule has 7 nitrogen and oxygen atoms in total. The molecule has 7 heteroatoms. The number of aliphatic carboxylic acids is 1. The van der Waals surface area contributed by atoms with E-state index >= 15 is 0 Å². The summed E-state index contributed by atoms with van der Waals surface area (Å²) in [5.74, 6) is -2.19. The van der Waals surface area contributed by atoms with E-state index in [2.05, 4.69) is 10.6 Å². The quantitative estimate of drug-likeness (QED) is 0.641. The predicted octanol–water partition coefficient (Wildman–Crippen LogP) is 1.07. The van der Waals surface area contributed by atoms with Gasteiger partial charge in [0.15, 0.2) is 11.6 Å². The van der Waals surface area contributed by atoms with Crippen LogP contribution in [0.3, 0.4) is 0 Å². The van der Waals surface area contributed by atoms with Crippen LogP contribution in [0.4, 0.5) is 5.69 Å². The minimum Gasteiger partial charge on any atom is -0.480 e. The topological polar surface area (TPSA) is 113 Å². The molecule has 3 N–H and O–H groups in total. The first-order valence-electron chi connectivity index (χ1n) is 7.53. The van der Waals surface area contributed by atoms with Crippen LogP contribution in [0.5, 0.6) is 0 Å². The number of benzene rings is 2. The Morgan fingerprint density at radius 3 is 2.16 bits per heavy atom. The van der Waals surface area contributed by atoms with E-state index in [4.69, 9.17) is 5.11 Å². The summed E-state index contributed by atoms with van der Waals surface area (Å²) >= 11 is 0. The molecule has 1 amide bonds. The van der Waals surface area contributed by atoms with E-state index in [-0.39, 0.29) is 41.5 Å². The number of amides is 1. The van der Waals surface area contributed by atoms with Gasteiger partial charge in [-0.1, -0.05) is 36.4 Å². The SMILES string of the molecule is O=C(O)CNCC(=O)Nc1cccc2c1C(=O)c1ccccc1C2=O. The second kappa shape index (κ2) is 6.66. The van der Waals surface area contributed by atoms with Crippen LogP contribution in [0.1, 0.15) is 31.8 Å². The molecule has 0 aromatic heterocycles. The summed E-state index contributed by atoms with van der Waals surface area (Å²) in [7, 11) is 0. The van der Waals surface area contributed by atoms with Crippen LogP contribution in [-0.2, 0) is 9.59 Å². The molecule has 2 aromatic rings. The van der Waals surface area contributed by atoms with Crippen LogP contribution < -0.4 is 10.6 Å². The summed E-state index contributed by atoms with van der Waals surface area (Å²) < 4.78 is 0. The summed E-state index contributed by atoms with van der Waals surface area (Å²) in [4.78, 5) is 47.8. The van der Waals surface area contributed by atoms with E-state index in [0.717, 1.165) is 0 Å². The van der Waals surface area contributed by atoms with Gasteiger partial charge in [0.1, 0.15) is 0 Å². The number of fused-ring (bicyclic) bond motifs is 2. The van der Waals surface area contributed by atoms with E-state index in [1.165, 1.54) is 6.07 Å². The van der Waals surface area contributed by atoms with Crippen molar-refractivity contribution in [1.82, 2.24) is 5.32 Å². The number of nitrogens with one attached hydrogen (secondary N) is 2. The first-order chi connectivity index (χ1) is 12.0. The zero-order valence-electron chi connectivity index (χ0n) is 13.0. The minimum absolute atomic E-state index is 0.151. The maximum absolute atomic E-state index is 12.8. The summed E-state index contributed by atoms with van der Waals surface area (Å²) in [6.07, 6.45) is 0. The molecule has 1 aliphatic carbocycles. The molecule has 0 saturated heterocycles. The van der Waals surface area contributed by atoms with Gasteiger partial charge in [-0.25, -0.2) is 0 Å². The van der Waals surface area contributed by atoms with Gasteiger partial charge in [-0.15, -0.1) is 0 Å². The van der Waals surface area contributed by atoms with Gasteiger partial charge in [0, 0.05) is 16.7 Å². The highest BCUT2D eigenvalue weighted by atomic mass is 16.4. The van der Waals surface area contributed by atoms with Gasteiger partial charge in [0.05, 0.1) is 24.3 Å². The molecule has 3 rings (SSSR count). The number of anilines is 1. The van der Waals surface area contributed by atoms with Crippen LogP contribution >= 0.6 is 0 Å². The van der Waals surface area contributed by atoms with E-state index < -0.39 is 11.9 Å². The average molecular weight is 338 g/mol. The Bertz CT molecular complexity index is 904. The molecule has 0 fully saturated rings. The smallest absolute Gasteiger partial charge is 0.317 e. The highest BCUT2D eigenvalue weighted by molar-refractivity contribution is 6.30. The van der Waals surface area contributed by atoms with Crippen LogP contribution in [0.15, 0.2) is 42.5 Å². The van der Waals surface area contributed by atoms with Crippen molar-refractivity contribution in [2.75, 3.05) is 18.4 Å². The van der Waals surface area contributed by atoms with Crippen molar-refractivity contribution < 1.29 is 24.3 Å². The number of hydrogen-bond donors (Lipinski definition) is 3. The lowest BCUT2D eigenvalue weighted by Crippen LogP contribution is -2.32. The number of carbonyl (C=O) groups is 4. The maximum atomic E-state index is 12.8. The Labute approximate surface area is 142 Å². The Hall–Kier alpha value is -3.32. The van der Waals surface area contributed by atoms with Crippen LogP contribution in [-0.4, -0.2) is 41.6 Å². The maximum Gasteiger partial charge on any atom is 0.317 e. The van der Waals surface area contributed by atoms with E-state index in [1.807, 2.05) is 0 Å². The Morgan fingerprint density at radius 1 is 0.840 bits per heavy atom. The molecule has 0 saturated carbocycles. The van der Waals surface area contributed by atoms with Gasteiger partial charge >= 0.3 is 5.97 Å². The highest BCUT2D eigenvalue weighted by Gasteiger charge is 2.31. The average Bonchev–Trinajstić information content (AvgIpc) is 2.59. The van der Waals surface area contributed by atoms with E-state index in [0.29, 0.717) is 11.1 Å². The molecule has 0 heterocycles. The van der Waals surface area contributed by atoms with Crippen molar-refractivity contribution in [3.63, 3.8) is 0 Å². The van der Waals surface area contributed by atoms with Crippen molar-refractivity contribution in [3.8, 4) is 0 Å². The summed E-state index contributed by atoms with van der Waals surface area (Å²) in [6.45, 7) is -0.584. The molecule has 0 radical (unpaired) electrons. The van der Waals surface area contributed by atoms with Gasteiger partial charge in [-0.05, 0) is 6.07 Å². The monoisotopic (exact) mass is 338 g/mol. The normalized spacial score (nSPS) is 12.3. The van der Waals surface area contributed by atoms with Gasteiger partial charge in [0.25, 0.3) is 0 Å². The summed E-state index contributed by atoms with van der Waals surface area (Å²) in [6, 6.07) is 11.2. The predicted molar refractivity (Wildman–Crippen MR) is 88.9 cm³/mol. The summed E-state index contributed by atoms with van der Waals surface area (Å²) in [5.41, 5.74) is 1.25. The first kappa shape index (κ1) is 16.5. The molecular formula is C18H14N2O5. The lowest BCUT2D eigenvalue weighted by Gasteiger charge is -2.20. The van der Waals surface area contributed by atoms with Gasteiger partial charge in [-0.2, -0.15) is 0 Å². The lowest BCUT2D eigenvalue weighted by atomic mass is 9.83. The second-order valence-electron chi connectivity index (χ2n) is 5.48. The molecular weight excluding hydrogens is 324 g/mol. The van der Waals surface area contributed by atoms with Crippen molar-refractivity contribution in [2.45, 2.75) is 0 Å². The van der Waals surface area contributed by atoms with E-state index in [9.17, 15) is 19.2 Å². The van der Waals surface area contributed by atoms with Crippen LogP contribution in [0.25, 0.3) is 0 Å². The third-order valence-electron chi connectivity index (χ3n) is 3.79. The Balaban J connectivity index is 1.89. The van der Waals surface area contributed by atoms with Crippen LogP contribution in [0.2, 0.25) is 0 Å². The Kier molecular flexibility index (Phi) is 4.40. The highest BCUT2D eigenvalue weighted by Crippen LogP contribution is 2.31. The number of carboxylic acids is 1. The lowest BCUT2D eigenvalue weighted by molar-refractivity contribution is -0.135. The molecule has 0 atom stereocenters. The van der Waals surface area contributed by atoms with Crippen molar-refractivity contribution >= 4 is 29.1 Å². The van der Waals surface area contributed by atoms with Crippen molar-refractivity contribution in [1.29, 1.82) is 0 Å². The van der Waals surface area contributed by atoms with Gasteiger partial charge in [-0.3, -0.25) is 24.5 Å². The second-order valence-corrected chi connectivity index (χ2v) is 5.48. The molecule has 25 heavy (non-hydrogen) atoms. The summed E-state index contributed by atoms with van der Waals surface area (Å²) in [5, 5.41) is 13.6. The Morgan fingerprint density at radius 2 is 1.48 bits per heavy atom. The molecule has 0 aliphatic heterocycles. The fraction of sp³-hybridized carbons (Fsp3) is 0.111. The molecule has 0 unspecified atom stereocenters. The third kappa shape index (κ3) is 3.17. The molecule has 0 spiro atoms. The van der Waals surface area contributed by atoms with Crippen molar-refractivity contribution in [3.05, 3.63) is 64.7 Å². The third-order valence-corrected chi connectivity index (χ3v) is 3.79. The fourth-order valence-electron chi connectivity index (χ4n) is 2.73. The number of hydrogen-bond acceptors (Lipinski definition) is 5. The molecule has 2 aromatic carbocycles. The van der Waals surface area contributed by atoms with Gasteiger partial charge < -0.3 is 10.4 Å². The number of carbonyl (C=O) groups excluding carboxylic acids is 3. The van der Waals surface area contributed by atoms with Crippen LogP contribution in [0, 0.1) is 0 Å².